The van der Waals surface area contributed by atoms with Crippen molar-refractivity contribution < 1.29 is 4.74 Å². The molecule has 1 aromatic rings. The lowest BCUT2D eigenvalue weighted by Gasteiger charge is -2.23. The Labute approximate surface area is 122 Å². The maximum absolute atomic E-state index is 5.97. The summed E-state index contributed by atoms with van der Waals surface area (Å²) in [4.78, 5) is 0. The molecule has 0 saturated heterocycles. The van der Waals surface area contributed by atoms with E-state index < -0.39 is 0 Å². The number of hydrogen-bond acceptors (Lipinski definition) is 3. The van der Waals surface area contributed by atoms with E-state index in [-0.39, 0.29) is 12.1 Å². The average molecular weight is 276 g/mol. The van der Waals surface area contributed by atoms with Crippen molar-refractivity contribution in [2.24, 2.45) is 11.7 Å². The van der Waals surface area contributed by atoms with Gasteiger partial charge >= 0.3 is 0 Å². The largest absolute Gasteiger partial charge is 0.491 e. The van der Waals surface area contributed by atoms with E-state index in [1.165, 1.54) is 24.8 Å². The normalized spacial score (nSPS) is 24.1. The summed E-state index contributed by atoms with van der Waals surface area (Å²) in [6.45, 7) is 7.04. The lowest BCUT2D eigenvalue weighted by molar-refractivity contribution is 0.242. The SMILES string of the molecule is CC1CCC(NC(CN)c2cccc(OC(C)C)c2)C1. The predicted octanol–water partition coefficient (Wildman–Crippen LogP) is 3.25. The summed E-state index contributed by atoms with van der Waals surface area (Å²) in [7, 11) is 0. The fourth-order valence-corrected chi connectivity index (χ4v) is 3.02. The lowest BCUT2D eigenvalue weighted by Crippen LogP contribution is -2.35. The van der Waals surface area contributed by atoms with Gasteiger partial charge in [0.15, 0.2) is 0 Å². The van der Waals surface area contributed by atoms with Crippen LogP contribution in [0.5, 0.6) is 5.75 Å². The Morgan fingerprint density at radius 3 is 2.75 bits per heavy atom. The minimum absolute atomic E-state index is 0.199. The van der Waals surface area contributed by atoms with Crippen LogP contribution < -0.4 is 15.8 Å². The highest BCUT2D eigenvalue weighted by Crippen LogP contribution is 2.27. The van der Waals surface area contributed by atoms with Crippen molar-refractivity contribution in [2.45, 2.75) is 58.2 Å². The first kappa shape index (κ1) is 15.3. The van der Waals surface area contributed by atoms with E-state index in [0.29, 0.717) is 12.6 Å². The molecule has 0 heterocycles. The van der Waals surface area contributed by atoms with Gasteiger partial charge in [-0.05, 0) is 56.7 Å². The van der Waals surface area contributed by atoms with Crippen LogP contribution in [0.3, 0.4) is 0 Å². The number of nitrogens with one attached hydrogen (secondary N) is 1. The Morgan fingerprint density at radius 1 is 1.35 bits per heavy atom. The molecule has 1 aromatic carbocycles. The van der Waals surface area contributed by atoms with Crippen molar-refractivity contribution in [1.29, 1.82) is 0 Å². The Hall–Kier alpha value is -1.06. The molecule has 0 bridgehead atoms. The monoisotopic (exact) mass is 276 g/mol. The number of nitrogens with two attached hydrogens (primary N) is 1. The molecule has 1 aliphatic carbocycles. The zero-order valence-corrected chi connectivity index (χ0v) is 12.9. The first-order chi connectivity index (χ1) is 9.58. The quantitative estimate of drug-likeness (QED) is 0.838. The van der Waals surface area contributed by atoms with Gasteiger partial charge in [-0.25, -0.2) is 0 Å². The van der Waals surface area contributed by atoms with Gasteiger partial charge in [-0.3, -0.25) is 0 Å². The molecule has 1 aliphatic rings. The number of rotatable bonds is 6. The second kappa shape index (κ2) is 7.09. The number of hydrogen-bond donors (Lipinski definition) is 2. The van der Waals surface area contributed by atoms with Gasteiger partial charge in [0, 0.05) is 18.6 Å². The zero-order valence-electron chi connectivity index (χ0n) is 12.9. The van der Waals surface area contributed by atoms with Crippen molar-refractivity contribution in [3.8, 4) is 5.75 Å². The van der Waals surface area contributed by atoms with Gasteiger partial charge in [-0.1, -0.05) is 19.1 Å². The van der Waals surface area contributed by atoms with Gasteiger partial charge in [-0.2, -0.15) is 0 Å². The fourth-order valence-electron chi connectivity index (χ4n) is 3.02. The molecule has 2 rings (SSSR count). The lowest BCUT2D eigenvalue weighted by atomic mass is 10.0. The molecule has 3 N–H and O–H groups in total. The second-order valence-electron chi connectivity index (χ2n) is 6.31. The van der Waals surface area contributed by atoms with Gasteiger partial charge < -0.3 is 15.8 Å². The predicted molar refractivity (Wildman–Crippen MR) is 83.9 cm³/mol. The van der Waals surface area contributed by atoms with Crippen LogP contribution in [0.15, 0.2) is 24.3 Å². The minimum atomic E-state index is 0.199. The topological polar surface area (TPSA) is 47.3 Å². The van der Waals surface area contributed by atoms with E-state index in [1.54, 1.807) is 0 Å². The fraction of sp³-hybridized carbons (Fsp3) is 0.647. The van der Waals surface area contributed by atoms with Crippen LogP contribution >= 0.6 is 0 Å². The van der Waals surface area contributed by atoms with E-state index in [9.17, 15) is 0 Å². The van der Waals surface area contributed by atoms with E-state index >= 15 is 0 Å². The molecule has 3 unspecified atom stereocenters. The third kappa shape index (κ3) is 4.22. The van der Waals surface area contributed by atoms with Gasteiger partial charge in [0.2, 0.25) is 0 Å². The van der Waals surface area contributed by atoms with Crippen molar-refractivity contribution in [3.63, 3.8) is 0 Å². The summed E-state index contributed by atoms with van der Waals surface area (Å²) >= 11 is 0. The molecule has 0 amide bonds. The summed E-state index contributed by atoms with van der Waals surface area (Å²) < 4.78 is 5.77. The highest BCUT2D eigenvalue weighted by atomic mass is 16.5. The Morgan fingerprint density at radius 2 is 2.15 bits per heavy atom. The third-order valence-electron chi connectivity index (χ3n) is 4.00. The van der Waals surface area contributed by atoms with Crippen LogP contribution in [0.2, 0.25) is 0 Å². The van der Waals surface area contributed by atoms with E-state index in [0.717, 1.165) is 11.7 Å². The summed E-state index contributed by atoms with van der Waals surface area (Å²) in [6.07, 6.45) is 4.05. The van der Waals surface area contributed by atoms with Crippen LogP contribution in [-0.2, 0) is 0 Å². The molecule has 0 spiro atoms. The summed E-state index contributed by atoms with van der Waals surface area (Å²) in [5, 5.41) is 3.71. The van der Waals surface area contributed by atoms with Crippen molar-refractivity contribution >= 4 is 0 Å². The maximum atomic E-state index is 5.97. The zero-order chi connectivity index (χ0) is 14.5. The van der Waals surface area contributed by atoms with Crippen LogP contribution in [-0.4, -0.2) is 18.7 Å². The molecule has 3 heteroatoms. The molecule has 0 aliphatic heterocycles. The number of benzene rings is 1. The van der Waals surface area contributed by atoms with Crippen molar-refractivity contribution in [2.75, 3.05) is 6.54 Å². The van der Waals surface area contributed by atoms with Gasteiger partial charge in [-0.15, -0.1) is 0 Å². The van der Waals surface area contributed by atoms with Crippen molar-refractivity contribution in [3.05, 3.63) is 29.8 Å². The maximum Gasteiger partial charge on any atom is 0.120 e. The van der Waals surface area contributed by atoms with Crippen molar-refractivity contribution in [1.82, 2.24) is 5.32 Å². The molecule has 0 radical (unpaired) electrons. The highest BCUT2D eigenvalue weighted by Gasteiger charge is 2.23. The smallest absolute Gasteiger partial charge is 0.120 e. The molecule has 3 atom stereocenters. The first-order valence-corrected chi connectivity index (χ1v) is 7.81. The molecule has 3 nitrogen and oxygen atoms in total. The standard InChI is InChI=1S/C17H28N2O/c1-12(2)20-16-6-4-5-14(10-16)17(11-18)19-15-8-7-13(3)9-15/h4-6,10,12-13,15,17,19H,7-9,11,18H2,1-3H3. The molecule has 20 heavy (non-hydrogen) atoms. The minimum Gasteiger partial charge on any atom is -0.491 e. The van der Waals surface area contributed by atoms with Gasteiger partial charge in [0.05, 0.1) is 6.10 Å². The Kier molecular flexibility index (Phi) is 5.44. The van der Waals surface area contributed by atoms with E-state index in [2.05, 4.69) is 30.4 Å². The summed E-state index contributed by atoms with van der Waals surface area (Å²) in [5.74, 6) is 1.76. The molecule has 0 aromatic heterocycles. The Bertz CT molecular complexity index is 419. The molecular formula is C17H28N2O. The van der Waals surface area contributed by atoms with E-state index in [1.807, 2.05) is 19.9 Å². The highest BCUT2D eigenvalue weighted by molar-refractivity contribution is 5.31. The van der Waals surface area contributed by atoms with E-state index in [4.69, 9.17) is 10.5 Å². The first-order valence-electron chi connectivity index (χ1n) is 7.81. The third-order valence-corrected chi connectivity index (χ3v) is 4.00. The molecule has 1 saturated carbocycles. The summed E-state index contributed by atoms with van der Waals surface area (Å²) in [5.41, 5.74) is 7.19. The van der Waals surface area contributed by atoms with Crippen LogP contribution in [0.4, 0.5) is 0 Å². The second-order valence-corrected chi connectivity index (χ2v) is 6.31. The van der Waals surface area contributed by atoms with Gasteiger partial charge in [0.25, 0.3) is 0 Å². The molecule has 112 valence electrons. The van der Waals surface area contributed by atoms with Crippen LogP contribution in [0.1, 0.15) is 51.6 Å². The van der Waals surface area contributed by atoms with Crippen LogP contribution in [0, 0.1) is 5.92 Å². The average Bonchev–Trinajstić information content (AvgIpc) is 2.81. The Balaban J connectivity index is 2.03. The number of ether oxygens (including phenoxy) is 1. The molecule has 1 fully saturated rings. The molecular weight excluding hydrogens is 248 g/mol. The summed E-state index contributed by atoms with van der Waals surface area (Å²) in [6, 6.07) is 9.14. The van der Waals surface area contributed by atoms with Gasteiger partial charge in [0.1, 0.15) is 5.75 Å². The van der Waals surface area contributed by atoms with Crippen LogP contribution in [0.25, 0.3) is 0 Å².